The summed E-state index contributed by atoms with van der Waals surface area (Å²) in [5.74, 6) is 0.820. The number of hydrogen-bond donors (Lipinski definition) is 1. The average molecular weight is 384 g/mol. The third-order valence-electron chi connectivity index (χ3n) is 3.99. The topological polar surface area (TPSA) is 54.9 Å². The molecule has 0 atom stereocenters. The highest BCUT2D eigenvalue weighted by atomic mass is 32.2. The van der Waals surface area contributed by atoms with Crippen LogP contribution in [0.15, 0.2) is 52.9 Å². The van der Waals surface area contributed by atoms with Crippen LogP contribution >= 0.6 is 23.1 Å². The van der Waals surface area contributed by atoms with E-state index >= 15 is 0 Å². The van der Waals surface area contributed by atoms with Gasteiger partial charge in [-0.05, 0) is 37.0 Å². The van der Waals surface area contributed by atoms with Crippen molar-refractivity contribution in [1.29, 1.82) is 0 Å². The third kappa shape index (κ3) is 5.41. The van der Waals surface area contributed by atoms with Crippen molar-refractivity contribution in [3.8, 4) is 0 Å². The van der Waals surface area contributed by atoms with Crippen LogP contribution in [0, 0.1) is 13.8 Å². The van der Waals surface area contributed by atoms with Gasteiger partial charge in [-0.15, -0.1) is 10.2 Å². The van der Waals surface area contributed by atoms with E-state index in [1.807, 2.05) is 30.3 Å². The molecule has 0 bridgehead atoms. The number of anilines is 1. The summed E-state index contributed by atoms with van der Waals surface area (Å²) >= 11 is 3.07. The summed E-state index contributed by atoms with van der Waals surface area (Å²) in [6.45, 7) is 4.22. The van der Waals surface area contributed by atoms with Gasteiger partial charge in [-0.1, -0.05) is 77.2 Å². The summed E-state index contributed by atoms with van der Waals surface area (Å²) in [7, 11) is 0. The maximum absolute atomic E-state index is 12.1. The number of hydrogen-bond acceptors (Lipinski definition) is 5. The molecule has 0 spiro atoms. The summed E-state index contributed by atoms with van der Waals surface area (Å²) in [6.07, 6.45) is 1.16. The van der Waals surface area contributed by atoms with E-state index in [1.165, 1.54) is 28.0 Å². The molecule has 4 nitrogen and oxygen atoms in total. The molecule has 3 aromatic rings. The lowest BCUT2D eigenvalue weighted by Gasteiger charge is -2.05. The zero-order valence-corrected chi connectivity index (χ0v) is 16.5. The number of carbonyl (C=O) groups excluding carboxylic acids is 1. The Labute approximate surface area is 162 Å². The Balaban J connectivity index is 1.49. The molecule has 0 unspecified atom stereocenters. The molecule has 1 aromatic heterocycles. The van der Waals surface area contributed by atoms with Gasteiger partial charge in [-0.2, -0.15) is 0 Å². The van der Waals surface area contributed by atoms with E-state index in [1.54, 1.807) is 11.8 Å². The van der Waals surface area contributed by atoms with Crippen LogP contribution in [0.3, 0.4) is 0 Å². The fourth-order valence-corrected chi connectivity index (χ4v) is 4.33. The summed E-state index contributed by atoms with van der Waals surface area (Å²) in [5.41, 5.74) is 5.00. The first-order chi connectivity index (χ1) is 12.6. The number of nitrogens with zero attached hydrogens (tertiary/aromatic N) is 2. The molecule has 0 saturated carbocycles. The van der Waals surface area contributed by atoms with Crippen LogP contribution in [-0.2, 0) is 17.0 Å². The molecule has 134 valence electrons. The molecule has 6 heteroatoms. The molecule has 0 fully saturated rings. The number of carbonyl (C=O) groups is 1. The number of rotatable bonds is 7. The summed E-state index contributed by atoms with van der Waals surface area (Å²) in [4.78, 5) is 12.1. The zero-order chi connectivity index (χ0) is 18.4. The van der Waals surface area contributed by atoms with Crippen LogP contribution in [0.5, 0.6) is 0 Å². The van der Waals surface area contributed by atoms with Crippen molar-refractivity contribution in [3.63, 3.8) is 0 Å². The summed E-state index contributed by atoms with van der Waals surface area (Å²) < 4.78 is 0.865. The Bertz CT molecular complexity index is 878. The van der Waals surface area contributed by atoms with Crippen LogP contribution in [-0.4, -0.2) is 16.1 Å². The molecular weight excluding hydrogens is 362 g/mol. The molecule has 26 heavy (non-hydrogen) atoms. The van der Waals surface area contributed by atoms with Gasteiger partial charge in [0.1, 0.15) is 0 Å². The lowest BCUT2D eigenvalue weighted by molar-refractivity contribution is -0.116. The van der Waals surface area contributed by atoms with Crippen LogP contribution < -0.4 is 5.32 Å². The van der Waals surface area contributed by atoms with E-state index in [-0.39, 0.29) is 5.91 Å². The Hall–Kier alpha value is -2.18. The minimum absolute atomic E-state index is 0.0314. The van der Waals surface area contributed by atoms with Crippen molar-refractivity contribution in [2.45, 2.75) is 36.8 Å². The van der Waals surface area contributed by atoms with E-state index in [0.29, 0.717) is 11.6 Å². The fourth-order valence-electron chi connectivity index (χ4n) is 2.50. The van der Waals surface area contributed by atoms with E-state index < -0.39 is 0 Å². The van der Waals surface area contributed by atoms with Gasteiger partial charge in [-0.3, -0.25) is 4.79 Å². The Morgan fingerprint density at radius 1 is 1.12 bits per heavy atom. The van der Waals surface area contributed by atoms with Crippen molar-refractivity contribution in [2.75, 3.05) is 5.32 Å². The maximum atomic E-state index is 12.1. The van der Waals surface area contributed by atoms with Crippen LogP contribution in [0.2, 0.25) is 0 Å². The predicted molar refractivity (Wildman–Crippen MR) is 109 cm³/mol. The van der Waals surface area contributed by atoms with Crippen molar-refractivity contribution in [3.05, 3.63) is 70.8 Å². The number of thioether (sulfide) groups is 1. The summed E-state index contributed by atoms with van der Waals surface area (Å²) in [6, 6.07) is 16.5. The Kier molecular flexibility index (Phi) is 6.41. The van der Waals surface area contributed by atoms with Gasteiger partial charge < -0.3 is 5.32 Å². The van der Waals surface area contributed by atoms with Crippen molar-refractivity contribution in [1.82, 2.24) is 10.2 Å². The van der Waals surface area contributed by atoms with E-state index in [2.05, 4.69) is 47.6 Å². The standard InChI is InChI=1S/C20H21N3OS2/c1-14-8-9-15(2)17(12-14)13-25-20-23-22-19(26-20)21-18(24)11-10-16-6-4-3-5-7-16/h3-9,12H,10-11,13H2,1-2H3,(H,21,22,24). The number of benzene rings is 2. The molecule has 3 rings (SSSR count). The molecule has 1 heterocycles. The number of aryl methyl sites for hydroxylation is 3. The SMILES string of the molecule is Cc1ccc(C)c(CSc2nnc(NC(=O)CCc3ccccc3)s2)c1. The summed E-state index contributed by atoms with van der Waals surface area (Å²) in [5, 5.41) is 11.7. The van der Waals surface area contributed by atoms with Crippen molar-refractivity contribution >= 4 is 34.1 Å². The van der Waals surface area contributed by atoms with Gasteiger partial charge in [-0.25, -0.2) is 0 Å². The van der Waals surface area contributed by atoms with Crippen LogP contribution in [0.4, 0.5) is 5.13 Å². The minimum atomic E-state index is -0.0314. The first-order valence-corrected chi connectivity index (χ1v) is 10.3. The van der Waals surface area contributed by atoms with Gasteiger partial charge in [0, 0.05) is 12.2 Å². The van der Waals surface area contributed by atoms with Gasteiger partial charge in [0.05, 0.1) is 0 Å². The number of nitrogens with one attached hydrogen (secondary N) is 1. The largest absolute Gasteiger partial charge is 0.300 e. The molecule has 1 N–H and O–H groups in total. The molecule has 0 aliphatic heterocycles. The van der Waals surface area contributed by atoms with Gasteiger partial charge >= 0.3 is 0 Å². The molecular formula is C20H21N3OS2. The molecule has 1 amide bonds. The Morgan fingerprint density at radius 3 is 2.73 bits per heavy atom. The predicted octanol–water partition coefficient (Wildman–Crippen LogP) is 5.02. The number of aromatic nitrogens is 2. The Morgan fingerprint density at radius 2 is 1.92 bits per heavy atom. The van der Waals surface area contributed by atoms with Gasteiger partial charge in [0.25, 0.3) is 0 Å². The molecule has 0 saturated heterocycles. The highest BCUT2D eigenvalue weighted by molar-refractivity contribution is 8.00. The molecule has 2 aromatic carbocycles. The maximum Gasteiger partial charge on any atom is 0.226 e. The first-order valence-electron chi connectivity index (χ1n) is 8.46. The van der Waals surface area contributed by atoms with Gasteiger partial charge in [0.2, 0.25) is 11.0 Å². The van der Waals surface area contributed by atoms with Gasteiger partial charge in [0.15, 0.2) is 4.34 Å². The van der Waals surface area contributed by atoms with Crippen LogP contribution in [0.25, 0.3) is 0 Å². The number of amides is 1. The normalized spacial score (nSPS) is 10.7. The van der Waals surface area contributed by atoms with E-state index in [4.69, 9.17) is 0 Å². The van der Waals surface area contributed by atoms with Crippen molar-refractivity contribution < 1.29 is 4.79 Å². The quantitative estimate of drug-likeness (QED) is 0.460. The lowest BCUT2D eigenvalue weighted by Crippen LogP contribution is -2.12. The molecule has 0 aliphatic rings. The van der Waals surface area contributed by atoms with Crippen molar-refractivity contribution in [2.24, 2.45) is 0 Å². The molecule has 0 radical (unpaired) electrons. The van der Waals surface area contributed by atoms with E-state index in [9.17, 15) is 4.79 Å². The smallest absolute Gasteiger partial charge is 0.226 e. The highest BCUT2D eigenvalue weighted by Crippen LogP contribution is 2.29. The second-order valence-electron chi connectivity index (χ2n) is 6.13. The zero-order valence-electron chi connectivity index (χ0n) is 14.9. The monoisotopic (exact) mass is 383 g/mol. The fraction of sp³-hybridized carbons (Fsp3) is 0.250. The van der Waals surface area contributed by atoms with E-state index in [0.717, 1.165) is 22.1 Å². The first kappa shape index (κ1) is 18.6. The highest BCUT2D eigenvalue weighted by Gasteiger charge is 2.10. The second-order valence-corrected chi connectivity index (χ2v) is 8.33. The minimum Gasteiger partial charge on any atom is -0.300 e. The average Bonchev–Trinajstić information content (AvgIpc) is 3.09. The molecule has 0 aliphatic carbocycles. The third-order valence-corrected chi connectivity index (χ3v) is 6.01. The second kappa shape index (κ2) is 8.96. The lowest BCUT2D eigenvalue weighted by atomic mass is 10.1. The van der Waals surface area contributed by atoms with Crippen LogP contribution in [0.1, 0.15) is 28.7 Å².